The quantitative estimate of drug-likeness (QED) is 0.619. The lowest BCUT2D eigenvalue weighted by Gasteiger charge is -2.09. The average Bonchev–Trinajstić information content (AvgIpc) is 2.39. The smallest absolute Gasteiger partial charge is 0.319 e. The van der Waals surface area contributed by atoms with E-state index in [1.807, 2.05) is 13.8 Å². The van der Waals surface area contributed by atoms with E-state index < -0.39 is 12.0 Å². The molecule has 7 heteroatoms. The Hall–Kier alpha value is -2.57. The second-order valence-electron chi connectivity index (χ2n) is 5.25. The second kappa shape index (κ2) is 8.66. The van der Waals surface area contributed by atoms with Gasteiger partial charge in [0.2, 0.25) is 5.91 Å². The van der Waals surface area contributed by atoms with Crippen LogP contribution in [0.1, 0.15) is 26.7 Å². The van der Waals surface area contributed by atoms with Crippen molar-refractivity contribution in [3.8, 4) is 0 Å². The molecule has 120 valence electrons. The van der Waals surface area contributed by atoms with Crippen molar-refractivity contribution in [2.75, 3.05) is 17.2 Å². The van der Waals surface area contributed by atoms with E-state index in [1.165, 1.54) is 0 Å². The van der Waals surface area contributed by atoms with Crippen LogP contribution in [0.25, 0.3) is 0 Å². The number of hydrogen-bond donors (Lipinski definition) is 4. The van der Waals surface area contributed by atoms with Crippen molar-refractivity contribution < 1.29 is 19.5 Å². The fourth-order valence-electron chi connectivity index (χ4n) is 1.68. The van der Waals surface area contributed by atoms with E-state index in [-0.39, 0.29) is 24.8 Å². The molecule has 0 fully saturated rings. The molecule has 4 N–H and O–H groups in total. The standard InChI is InChI=1S/C15H21N3O4/c1-10(2)9-13(19)17-11-3-5-12(6-4-11)18-15(22)16-8-7-14(20)21/h3-6,10H,7-9H2,1-2H3,(H,17,19)(H,20,21)(H2,16,18,22). The SMILES string of the molecule is CC(C)CC(=O)Nc1ccc(NC(=O)NCCC(=O)O)cc1. The van der Waals surface area contributed by atoms with Gasteiger partial charge in [0, 0.05) is 24.3 Å². The molecule has 0 saturated carbocycles. The topological polar surface area (TPSA) is 108 Å². The summed E-state index contributed by atoms with van der Waals surface area (Å²) in [5.41, 5.74) is 1.21. The number of benzene rings is 1. The summed E-state index contributed by atoms with van der Waals surface area (Å²) in [6.45, 7) is 4.00. The van der Waals surface area contributed by atoms with Crippen molar-refractivity contribution in [1.82, 2.24) is 5.32 Å². The first-order valence-electron chi connectivity index (χ1n) is 7.03. The van der Waals surface area contributed by atoms with Crippen molar-refractivity contribution in [1.29, 1.82) is 0 Å². The van der Waals surface area contributed by atoms with E-state index in [1.54, 1.807) is 24.3 Å². The number of urea groups is 1. The predicted octanol–water partition coefficient (Wildman–Crippen LogP) is 2.27. The summed E-state index contributed by atoms with van der Waals surface area (Å²) >= 11 is 0. The van der Waals surface area contributed by atoms with Crippen LogP contribution in [0.4, 0.5) is 16.2 Å². The van der Waals surface area contributed by atoms with Gasteiger partial charge >= 0.3 is 12.0 Å². The van der Waals surface area contributed by atoms with Crippen LogP contribution in [0.15, 0.2) is 24.3 Å². The lowest BCUT2D eigenvalue weighted by atomic mass is 10.1. The van der Waals surface area contributed by atoms with Crippen LogP contribution < -0.4 is 16.0 Å². The van der Waals surface area contributed by atoms with E-state index in [9.17, 15) is 14.4 Å². The molecule has 0 heterocycles. The van der Waals surface area contributed by atoms with Gasteiger partial charge in [0.1, 0.15) is 0 Å². The third-order valence-electron chi connectivity index (χ3n) is 2.64. The predicted molar refractivity (Wildman–Crippen MR) is 83.8 cm³/mol. The highest BCUT2D eigenvalue weighted by Crippen LogP contribution is 2.14. The van der Waals surface area contributed by atoms with Crippen molar-refractivity contribution in [3.63, 3.8) is 0 Å². The number of hydrogen-bond acceptors (Lipinski definition) is 3. The molecule has 1 aromatic carbocycles. The summed E-state index contributed by atoms with van der Waals surface area (Å²) in [7, 11) is 0. The molecule has 0 aliphatic rings. The van der Waals surface area contributed by atoms with E-state index >= 15 is 0 Å². The van der Waals surface area contributed by atoms with Gasteiger partial charge in [-0.3, -0.25) is 9.59 Å². The van der Waals surface area contributed by atoms with E-state index in [4.69, 9.17) is 5.11 Å². The number of aliphatic carboxylic acids is 1. The highest BCUT2D eigenvalue weighted by atomic mass is 16.4. The van der Waals surface area contributed by atoms with Gasteiger partial charge in [-0.2, -0.15) is 0 Å². The largest absolute Gasteiger partial charge is 0.481 e. The monoisotopic (exact) mass is 307 g/mol. The van der Waals surface area contributed by atoms with Crippen molar-refractivity contribution in [2.24, 2.45) is 5.92 Å². The Morgan fingerprint density at radius 3 is 2.09 bits per heavy atom. The minimum absolute atomic E-state index is 0.0536. The summed E-state index contributed by atoms with van der Waals surface area (Å²) in [6, 6.07) is 6.21. The summed E-state index contributed by atoms with van der Waals surface area (Å²) < 4.78 is 0. The fourth-order valence-corrected chi connectivity index (χ4v) is 1.68. The first-order valence-corrected chi connectivity index (χ1v) is 7.03. The molecule has 0 saturated heterocycles. The zero-order valence-corrected chi connectivity index (χ0v) is 12.7. The van der Waals surface area contributed by atoms with E-state index in [0.29, 0.717) is 17.8 Å². The fraction of sp³-hybridized carbons (Fsp3) is 0.400. The Labute approximate surface area is 129 Å². The first kappa shape index (κ1) is 17.5. The Morgan fingerprint density at radius 1 is 1.05 bits per heavy atom. The molecule has 1 aromatic rings. The van der Waals surface area contributed by atoms with Crippen molar-refractivity contribution in [3.05, 3.63) is 24.3 Å². The van der Waals surface area contributed by atoms with Crippen LogP contribution in [0.5, 0.6) is 0 Å². The molecule has 22 heavy (non-hydrogen) atoms. The van der Waals surface area contributed by atoms with Gasteiger partial charge in [-0.25, -0.2) is 4.79 Å². The van der Waals surface area contributed by atoms with Crippen LogP contribution in [0.2, 0.25) is 0 Å². The van der Waals surface area contributed by atoms with Crippen LogP contribution in [0, 0.1) is 5.92 Å². The van der Waals surface area contributed by atoms with Gasteiger partial charge in [0.15, 0.2) is 0 Å². The summed E-state index contributed by atoms with van der Waals surface area (Å²) in [5, 5.41) is 16.2. The lowest BCUT2D eigenvalue weighted by molar-refractivity contribution is -0.136. The highest BCUT2D eigenvalue weighted by Gasteiger charge is 2.06. The molecule has 0 bridgehead atoms. The highest BCUT2D eigenvalue weighted by molar-refractivity contribution is 5.92. The van der Waals surface area contributed by atoms with Gasteiger partial charge in [-0.15, -0.1) is 0 Å². The molecule has 0 radical (unpaired) electrons. The lowest BCUT2D eigenvalue weighted by Crippen LogP contribution is -2.30. The van der Waals surface area contributed by atoms with Crippen LogP contribution in [-0.4, -0.2) is 29.6 Å². The summed E-state index contributed by atoms with van der Waals surface area (Å²) in [4.78, 5) is 33.4. The average molecular weight is 307 g/mol. The number of amides is 3. The molecule has 0 aliphatic heterocycles. The number of anilines is 2. The number of carboxylic acids is 1. The summed E-state index contributed by atoms with van der Waals surface area (Å²) in [6.07, 6.45) is 0.320. The van der Waals surface area contributed by atoms with Crippen molar-refractivity contribution in [2.45, 2.75) is 26.7 Å². The van der Waals surface area contributed by atoms with Gasteiger partial charge < -0.3 is 21.1 Å². The molecule has 0 aromatic heterocycles. The Morgan fingerprint density at radius 2 is 1.59 bits per heavy atom. The molecule has 0 spiro atoms. The minimum atomic E-state index is -0.971. The molecule has 0 atom stereocenters. The van der Waals surface area contributed by atoms with Crippen LogP contribution in [0.3, 0.4) is 0 Å². The number of carbonyl (C=O) groups is 3. The maximum absolute atomic E-state index is 11.6. The van der Waals surface area contributed by atoms with Gasteiger partial charge in [0.05, 0.1) is 6.42 Å². The summed E-state index contributed by atoms with van der Waals surface area (Å²) in [5.74, 6) is -0.737. The van der Waals surface area contributed by atoms with Crippen LogP contribution in [-0.2, 0) is 9.59 Å². The second-order valence-corrected chi connectivity index (χ2v) is 5.25. The molecule has 7 nitrogen and oxygen atoms in total. The Kier molecular flexibility index (Phi) is 6.88. The van der Waals surface area contributed by atoms with E-state index in [2.05, 4.69) is 16.0 Å². The molecule has 0 unspecified atom stereocenters. The minimum Gasteiger partial charge on any atom is -0.481 e. The van der Waals surface area contributed by atoms with Gasteiger partial charge in [0.25, 0.3) is 0 Å². The van der Waals surface area contributed by atoms with Crippen LogP contribution >= 0.6 is 0 Å². The van der Waals surface area contributed by atoms with Crippen molar-refractivity contribution >= 4 is 29.3 Å². The molecule has 3 amide bonds. The maximum atomic E-state index is 11.6. The molecule has 0 aliphatic carbocycles. The number of nitrogens with one attached hydrogen (secondary N) is 3. The number of rotatable bonds is 7. The Bertz CT molecular complexity index is 526. The van der Waals surface area contributed by atoms with Gasteiger partial charge in [-0.05, 0) is 30.2 Å². The van der Waals surface area contributed by atoms with Gasteiger partial charge in [-0.1, -0.05) is 13.8 Å². The Balaban J connectivity index is 2.42. The number of carboxylic acid groups (broad SMARTS) is 1. The molecule has 1 rings (SSSR count). The maximum Gasteiger partial charge on any atom is 0.319 e. The third kappa shape index (κ3) is 7.28. The zero-order valence-electron chi connectivity index (χ0n) is 12.7. The third-order valence-corrected chi connectivity index (χ3v) is 2.64. The molecular formula is C15H21N3O4. The normalized spacial score (nSPS) is 10.1. The first-order chi connectivity index (χ1) is 10.4. The zero-order chi connectivity index (χ0) is 16.5. The number of carbonyl (C=O) groups excluding carboxylic acids is 2. The van der Waals surface area contributed by atoms with E-state index in [0.717, 1.165) is 0 Å². The molecular weight excluding hydrogens is 286 g/mol.